The molecule has 0 aliphatic carbocycles. The lowest BCUT2D eigenvalue weighted by Crippen LogP contribution is -2.46. The molecule has 14 nitrogen and oxygen atoms in total. The van der Waals surface area contributed by atoms with Crippen molar-refractivity contribution in [2.75, 3.05) is 22.6 Å². The largest absolute Gasteiger partial charge is 0.432 e. The number of nitrogen functional groups attached to an aromatic ring is 1. The average Bonchev–Trinajstić information content (AvgIpc) is 3.82. The number of nitro groups is 1. The Bertz CT molecular complexity index is 2230. The Kier molecular flexibility index (Phi) is 10.1. The molecule has 5 N–H and O–H groups in total. The van der Waals surface area contributed by atoms with Crippen molar-refractivity contribution in [2.45, 2.75) is 62.7 Å². The van der Waals surface area contributed by atoms with Gasteiger partial charge in [-0.1, -0.05) is 54.6 Å². The van der Waals surface area contributed by atoms with Crippen LogP contribution in [-0.4, -0.2) is 62.7 Å². The first kappa shape index (κ1) is 37.6. The van der Waals surface area contributed by atoms with Gasteiger partial charge in [0.1, 0.15) is 0 Å². The molecule has 2 aliphatic rings. The maximum atomic E-state index is 14.9. The predicted octanol–water partition coefficient (Wildman–Crippen LogP) is 5.58. The predicted molar refractivity (Wildman–Crippen MR) is 209 cm³/mol. The molecule has 2 aliphatic heterocycles. The maximum Gasteiger partial charge on any atom is 0.269 e. The molecule has 0 saturated carbocycles. The summed E-state index contributed by atoms with van der Waals surface area (Å²) in [4.78, 5) is 52.8. The molecule has 1 saturated heterocycles. The topological polar surface area (TPSA) is 199 Å². The van der Waals surface area contributed by atoms with Crippen molar-refractivity contribution in [2.24, 2.45) is 5.92 Å². The van der Waals surface area contributed by atoms with Gasteiger partial charge >= 0.3 is 0 Å². The van der Waals surface area contributed by atoms with E-state index in [1.165, 1.54) is 12.1 Å². The van der Waals surface area contributed by atoms with Gasteiger partial charge < -0.3 is 30.6 Å². The van der Waals surface area contributed by atoms with Gasteiger partial charge in [0.15, 0.2) is 13.9 Å². The van der Waals surface area contributed by atoms with E-state index in [2.05, 4.69) is 15.6 Å². The number of carbonyl (C=O) groups is 2. The van der Waals surface area contributed by atoms with Crippen LogP contribution in [0.1, 0.15) is 52.0 Å². The highest BCUT2D eigenvalue weighted by Crippen LogP contribution is 2.60. The first-order chi connectivity index (χ1) is 26.3. The summed E-state index contributed by atoms with van der Waals surface area (Å²) >= 11 is 0. The van der Waals surface area contributed by atoms with Gasteiger partial charge in [0.05, 0.1) is 41.5 Å². The molecule has 2 amide bonds. The molecule has 5 aromatic rings. The Morgan fingerprint density at radius 3 is 2.51 bits per heavy atom. The van der Waals surface area contributed by atoms with Crippen LogP contribution >= 0.6 is 0 Å². The summed E-state index contributed by atoms with van der Waals surface area (Å²) in [6.45, 7) is 5.82. The van der Waals surface area contributed by atoms with Crippen molar-refractivity contribution in [3.05, 3.63) is 141 Å². The van der Waals surface area contributed by atoms with Gasteiger partial charge in [0.25, 0.3) is 17.5 Å². The molecule has 1 unspecified atom stereocenters. The quantitative estimate of drug-likeness (QED) is 0.0539. The van der Waals surface area contributed by atoms with E-state index in [0.717, 1.165) is 5.56 Å². The molecule has 55 heavy (non-hydrogen) atoms. The van der Waals surface area contributed by atoms with E-state index in [4.69, 9.17) is 10.5 Å². The summed E-state index contributed by atoms with van der Waals surface area (Å²) in [6, 6.07) is 27.6. The zero-order valence-corrected chi connectivity index (χ0v) is 31.7. The molecule has 4 aromatic carbocycles. The number of nitro benzene ring substituents is 1. The van der Waals surface area contributed by atoms with E-state index in [1.807, 2.05) is 56.4 Å². The normalized spacial score (nSPS) is 21.1. The van der Waals surface area contributed by atoms with Crippen LogP contribution in [0.5, 0.6) is 0 Å². The van der Waals surface area contributed by atoms with Crippen molar-refractivity contribution in [3.63, 3.8) is 0 Å². The Labute approximate surface area is 318 Å². The van der Waals surface area contributed by atoms with Crippen LogP contribution in [-0.2, 0) is 28.2 Å². The minimum atomic E-state index is -3.04. The first-order valence-corrected chi connectivity index (χ1v) is 21.2. The van der Waals surface area contributed by atoms with Crippen LogP contribution in [0, 0.1) is 16.0 Å². The first-order valence-electron chi connectivity index (χ1n) is 18.1. The van der Waals surface area contributed by atoms with E-state index in [-0.39, 0.29) is 36.6 Å². The number of nitrogens with one attached hydrogen (secondary N) is 1. The highest BCUT2D eigenvalue weighted by molar-refractivity contribution is 6.71. The number of nitrogens with zero attached hydrogens (tertiary/aromatic N) is 5. The van der Waals surface area contributed by atoms with Gasteiger partial charge in [0, 0.05) is 58.8 Å². The maximum absolute atomic E-state index is 14.9. The number of hydrogen-bond donors (Lipinski definition) is 4. The number of aryl methyl sites for hydroxylation is 1. The second-order valence-corrected chi connectivity index (χ2v) is 18.8. The number of aromatic nitrogens is 3. The monoisotopic (exact) mass is 761 g/mol. The summed E-state index contributed by atoms with van der Waals surface area (Å²) in [5.41, 5.74) is 8.16. The fourth-order valence-electron chi connectivity index (χ4n) is 8.27. The number of ether oxygens (including phenoxy) is 1. The second kappa shape index (κ2) is 14.8. The molecule has 3 heterocycles. The molecular formula is C40H43N7O7Si. The van der Waals surface area contributed by atoms with Gasteiger partial charge in [-0.2, -0.15) is 0 Å². The second-order valence-electron chi connectivity index (χ2n) is 14.8. The Hall–Kier alpha value is -5.74. The van der Waals surface area contributed by atoms with E-state index in [9.17, 15) is 29.6 Å². The summed E-state index contributed by atoms with van der Waals surface area (Å²) in [7, 11) is -3.04. The fraction of sp³-hybridized carbons (Fsp3) is 0.300. The highest BCUT2D eigenvalue weighted by Gasteiger charge is 2.66. The lowest BCUT2D eigenvalue weighted by Gasteiger charge is -2.32. The summed E-state index contributed by atoms with van der Waals surface area (Å²) in [5.74, 6) is -1.60. The van der Waals surface area contributed by atoms with Gasteiger partial charge in [-0.15, -0.1) is 5.10 Å². The molecule has 15 heteroatoms. The van der Waals surface area contributed by atoms with E-state index < -0.39 is 36.4 Å². The molecule has 0 bridgehead atoms. The average molecular weight is 762 g/mol. The number of amides is 2. The van der Waals surface area contributed by atoms with E-state index in [0.29, 0.717) is 52.4 Å². The molecule has 1 spiro atoms. The fourth-order valence-corrected chi connectivity index (χ4v) is 10.9. The molecular weight excluding hydrogens is 719 g/mol. The smallest absolute Gasteiger partial charge is 0.269 e. The number of hydrogen-bond acceptors (Lipinski definition) is 10. The van der Waals surface area contributed by atoms with Gasteiger partial charge in [0.2, 0.25) is 0 Å². The number of aliphatic hydroxyl groups is 1. The lowest BCUT2D eigenvalue weighted by molar-refractivity contribution is -0.385. The molecule has 5 atom stereocenters. The van der Waals surface area contributed by atoms with Crippen LogP contribution in [0.25, 0.3) is 0 Å². The zero-order chi connectivity index (χ0) is 39.1. The third-order valence-electron chi connectivity index (χ3n) is 10.8. The Balaban J connectivity index is 1.17. The SMILES string of the molecule is C[C@@H]1[C@@H]([Si](C)(C)O)[C@H](CCn2cc(C(CO)c3ccccc3)nn2)O[C@@]12C(=O)N(Cc1cccc(NC(=O)c3ccc(N)cc3)c1)c1ccc([N+](=O)[O-])cc12. The van der Waals surface area contributed by atoms with Crippen LogP contribution in [0.15, 0.2) is 103 Å². The van der Waals surface area contributed by atoms with Gasteiger partial charge in [-0.3, -0.25) is 24.4 Å². The summed E-state index contributed by atoms with van der Waals surface area (Å²) < 4.78 is 8.57. The van der Waals surface area contributed by atoms with Gasteiger partial charge in [-0.25, -0.2) is 0 Å². The standard InChI is InChI=1S/C40H43N7O7Si/c1-25-37(55(2,3)53)36(18-19-45-23-34(43-44-45)32(24-48)27-9-5-4-6-10-27)54-40(25)33-21-31(47(51)52)16-17-35(33)46(39(40)50)22-26-8-7-11-30(20-26)42-38(49)28-12-14-29(41)15-13-28/h4-17,20-21,23,25,32,36-37,48,53H,18-19,22,24,41H2,1-3H3,(H,42,49)/t25-,32?,36+,37-,40+/m1/s1. The van der Waals surface area contributed by atoms with Crippen LogP contribution in [0.3, 0.4) is 0 Å². The number of carbonyl (C=O) groups excluding carboxylic acids is 2. The third kappa shape index (κ3) is 7.14. The highest BCUT2D eigenvalue weighted by atomic mass is 28.4. The number of non-ortho nitro benzene ring substituents is 1. The molecule has 284 valence electrons. The zero-order valence-electron chi connectivity index (χ0n) is 30.7. The van der Waals surface area contributed by atoms with Crippen LogP contribution in [0.2, 0.25) is 18.6 Å². The van der Waals surface area contributed by atoms with Crippen molar-refractivity contribution < 1.29 is 29.2 Å². The van der Waals surface area contributed by atoms with Crippen molar-refractivity contribution in [3.8, 4) is 0 Å². The molecule has 1 aromatic heterocycles. The molecule has 1 fully saturated rings. The Morgan fingerprint density at radius 1 is 1.07 bits per heavy atom. The van der Waals surface area contributed by atoms with E-state index in [1.54, 1.807) is 64.3 Å². The lowest BCUT2D eigenvalue weighted by atomic mass is 9.82. The number of anilines is 3. The number of nitrogens with two attached hydrogens (primary N) is 1. The van der Waals surface area contributed by atoms with Crippen molar-refractivity contribution in [1.29, 1.82) is 0 Å². The Morgan fingerprint density at radius 2 is 1.82 bits per heavy atom. The number of rotatable bonds is 12. The molecule has 7 rings (SSSR count). The summed E-state index contributed by atoms with van der Waals surface area (Å²) in [6.07, 6.45) is 1.56. The molecule has 0 radical (unpaired) electrons. The van der Waals surface area contributed by atoms with Crippen molar-refractivity contribution in [1.82, 2.24) is 15.0 Å². The van der Waals surface area contributed by atoms with E-state index >= 15 is 0 Å². The number of benzene rings is 4. The number of fused-ring (bicyclic) bond motifs is 2. The number of aliphatic hydroxyl groups excluding tert-OH is 1. The minimum absolute atomic E-state index is 0.0947. The van der Waals surface area contributed by atoms with Crippen LogP contribution in [0.4, 0.5) is 22.7 Å². The van der Waals surface area contributed by atoms with Crippen LogP contribution < -0.4 is 16.0 Å². The summed E-state index contributed by atoms with van der Waals surface area (Å²) in [5, 5.41) is 33.8. The van der Waals surface area contributed by atoms with Crippen molar-refractivity contribution >= 4 is 42.9 Å². The minimum Gasteiger partial charge on any atom is -0.432 e. The third-order valence-corrected chi connectivity index (χ3v) is 13.3. The van der Waals surface area contributed by atoms with Gasteiger partial charge in [-0.05, 0) is 73.1 Å².